The zero-order valence-corrected chi connectivity index (χ0v) is 12.5. The van der Waals surface area contributed by atoms with Crippen LogP contribution < -0.4 is 5.73 Å². The average Bonchev–Trinajstić information content (AvgIpc) is 2.27. The Kier molecular flexibility index (Phi) is 6.42. The van der Waals surface area contributed by atoms with Gasteiger partial charge in [-0.05, 0) is 44.6 Å². The molecule has 1 aromatic rings. The first-order chi connectivity index (χ1) is 8.56. The number of aryl methyl sites for hydroxylation is 2. The number of hydrogen-bond acceptors (Lipinski definition) is 1. The van der Waals surface area contributed by atoms with Crippen molar-refractivity contribution in [1.29, 1.82) is 0 Å². The zero-order valence-electron chi connectivity index (χ0n) is 12.5. The Bertz CT molecular complexity index is 330. The molecule has 1 rings (SSSR count). The van der Waals surface area contributed by atoms with Gasteiger partial charge in [0.25, 0.3) is 0 Å². The van der Waals surface area contributed by atoms with Crippen molar-refractivity contribution in [2.45, 2.75) is 65.8 Å². The van der Waals surface area contributed by atoms with Gasteiger partial charge in [0.15, 0.2) is 0 Å². The van der Waals surface area contributed by atoms with Gasteiger partial charge in [-0.3, -0.25) is 0 Å². The van der Waals surface area contributed by atoms with E-state index >= 15 is 0 Å². The second kappa shape index (κ2) is 7.58. The lowest BCUT2D eigenvalue weighted by Crippen LogP contribution is -2.32. The summed E-state index contributed by atoms with van der Waals surface area (Å²) in [5.74, 6) is 0.681. The molecule has 0 amide bonds. The van der Waals surface area contributed by atoms with Crippen molar-refractivity contribution in [3.63, 3.8) is 0 Å². The van der Waals surface area contributed by atoms with Crippen molar-refractivity contribution in [2.24, 2.45) is 11.7 Å². The van der Waals surface area contributed by atoms with Gasteiger partial charge < -0.3 is 5.73 Å². The van der Waals surface area contributed by atoms with Crippen molar-refractivity contribution in [3.05, 3.63) is 34.9 Å². The summed E-state index contributed by atoms with van der Waals surface area (Å²) in [6, 6.07) is 7.10. The van der Waals surface area contributed by atoms with Gasteiger partial charge in [-0.2, -0.15) is 0 Å². The third kappa shape index (κ3) is 4.81. The molecule has 0 aliphatic carbocycles. The summed E-state index contributed by atoms with van der Waals surface area (Å²) in [5, 5.41) is 0. The summed E-state index contributed by atoms with van der Waals surface area (Å²) in [5.41, 5.74) is 10.5. The third-order valence-corrected chi connectivity index (χ3v) is 3.68. The molecule has 1 heteroatoms. The number of rotatable bonds is 7. The molecule has 102 valence electrons. The first kappa shape index (κ1) is 15.2. The van der Waals surface area contributed by atoms with Crippen LogP contribution in [0.5, 0.6) is 0 Å². The van der Waals surface area contributed by atoms with Crippen LogP contribution in [0.3, 0.4) is 0 Å². The van der Waals surface area contributed by atoms with Crippen molar-refractivity contribution in [3.8, 4) is 0 Å². The monoisotopic (exact) mass is 247 g/mol. The molecule has 0 bridgehead atoms. The molecule has 0 radical (unpaired) electrons. The second-order valence-corrected chi connectivity index (χ2v) is 5.70. The van der Waals surface area contributed by atoms with E-state index in [1.165, 1.54) is 42.4 Å². The Morgan fingerprint density at radius 3 is 1.89 bits per heavy atom. The van der Waals surface area contributed by atoms with Gasteiger partial charge in [0.2, 0.25) is 0 Å². The molecule has 0 aromatic heterocycles. The van der Waals surface area contributed by atoms with E-state index in [0.29, 0.717) is 12.0 Å². The van der Waals surface area contributed by atoms with Crippen LogP contribution in [0, 0.1) is 19.8 Å². The van der Waals surface area contributed by atoms with Gasteiger partial charge in [-0.25, -0.2) is 0 Å². The minimum Gasteiger partial charge on any atom is -0.327 e. The van der Waals surface area contributed by atoms with E-state index in [1.54, 1.807) is 0 Å². The Morgan fingerprint density at radius 1 is 0.944 bits per heavy atom. The van der Waals surface area contributed by atoms with Crippen LogP contribution in [-0.2, 0) is 6.42 Å². The van der Waals surface area contributed by atoms with Crippen LogP contribution >= 0.6 is 0 Å². The fourth-order valence-corrected chi connectivity index (χ4v) is 2.94. The van der Waals surface area contributed by atoms with E-state index in [2.05, 4.69) is 45.9 Å². The maximum atomic E-state index is 6.42. The quantitative estimate of drug-likeness (QED) is 0.760. The van der Waals surface area contributed by atoms with Gasteiger partial charge in [-0.1, -0.05) is 56.0 Å². The van der Waals surface area contributed by atoms with Crippen LogP contribution in [0.1, 0.15) is 56.2 Å². The molecule has 1 aromatic carbocycles. The summed E-state index contributed by atoms with van der Waals surface area (Å²) in [7, 11) is 0. The molecule has 1 unspecified atom stereocenters. The van der Waals surface area contributed by atoms with E-state index in [-0.39, 0.29) is 0 Å². The van der Waals surface area contributed by atoms with E-state index in [4.69, 9.17) is 5.73 Å². The summed E-state index contributed by atoms with van der Waals surface area (Å²) in [6.45, 7) is 8.84. The van der Waals surface area contributed by atoms with Gasteiger partial charge >= 0.3 is 0 Å². The van der Waals surface area contributed by atoms with Gasteiger partial charge in [0, 0.05) is 6.04 Å². The molecule has 1 atom stereocenters. The Morgan fingerprint density at radius 2 is 1.44 bits per heavy atom. The van der Waals surface area contributed by atoms with Crippen LogP contribution in [-0.4, -0.2) is 6.04 Å². The summed E-state index contributed by atoms with van der Waals surface area (Å²) < 4.78 is 0. The van der Waals surface area contributed by atoms with E-state index in [9.17, 15) is 0 Å². The van der Waals surface area contributed by atoms with Gasteiger partial charge in [-0.15, -0.1) is 0 Å². The lowest BCUT2D eigenvalue weighted by atomic mass is 9.87. The molecule has 0 spiro atoms. The molecule has 0 aliphatic rings. The zero-order chi connectivity index (χ0) is 13.5. The Hall–Kier alpha value is -0.820. The standard InChI is InChI=1S/C17H29N/c1-5-7-16(8-6-2)17(18)12-15-10-13(3)9-14(4)11-15/h9-11,16-17H,5-8,12,18H2,1-4H3. The number of benzene rings is 1. The predicted molar refractivity (Wildman–Crippen MR) is 80.9 cm³/mol. The maximum absolute atomic E-state index is 6.42. The SMILES string of the molecule is CCCC(CCC)C(N)Cc1cc(C)cc(C)c1. The van der Waals surface area contributed by atoms with E-state index in [1.807, 2.05) is 0 Å². The van der Waals surface area contributed by atoms with E-state index < -0.39 is 0 Å². The largest absolute Gasteiger partial charge is 0.327 e. The number of nitrogens with two attached hydrogens (primary N) is 1. The molecule has 0 saturated heterocycles. The first-order valence-corrected chi connectivity index (χ1v) is 7.39. The molecule has 18 heavy (non-hydrogen) atoms. The van der Waals surface area contributed by atoms with Crippen molar-refractivity contribution >= 4 is 0 Å². The maximum Gasteiger partial charge on any atom is 0.0108 e. The average molecular weight is 247 g/mol. The molecule has 0 saturated carbocycles. The molecular weight excluding hydrogens is 218 g/mol. The van der Waals surface area contributed by atoms with Crippen molar-refractivity contribution in [2.75, 3.05) is 0 Å². The fraction of sp³-hybridized carbons (Fsp3) is 0.647. The predicted octanol–water partition coefficient (Wildman–Crippen LogP) is 4.39. The van der Waals surface area contributed by atoms with Crippen molar-refractivity contribution in [1.82, 2.24) is 0 Å². The lowest BCUT2D eigenvalue weighted by molar-refractivity contribution is 0.360. The van der Waals surface area contributed by atoms with Crippen LogP contribution in [0.25, 0.3) is 0 Å². The highest BCUT2D eigenvalue weighted by molar-refractivity contribution is 5.29. The Labute approximate surface area is 113 Å². The summed E-state index contributed by atoms with van der Waals surface area (Å²) in [6.07, 6.45) is 6.03. The van der Waals surface area contributed by atoms with Crippen LogP contribution in [0.15, 0.2) is 18.2 Å². The normalized spacial score (nSPS) is 13.0. The van der Waals surface area contributed by atoms with E-state index in [0.717, 1.165) is 6.42 Å². The Balaban J connectivity index is 2.68. The molecule has 0 heterocycles. The third-order valence-electron chi connectivity index (χ3n) is 3.68. The minimum absolute atomic E-state index is 0.311. The number of hydrogen-bond donors (Lipinski definition) is 1. The smallest absolute Gasteiger partial charge is 0.0108 e. The van der Waals surface area contributed by atoms with Crippen molar-refractivity contribution < 1.29 is 0 Å². The minimum atomic E-state index is 0.311. The lowest BCUT2D eigenvalue weighted by Gasteiger charge is -2.23. The summed E-state index contributed by atoms with van der Waals surface area (Å²) >= 11 is 0. The fourth-order valence-electron chi connectivity index (χ4n) is 2.94. The molecule has 0 aliphatic heterocycles. The van der Waals surface area contributed by atoms with Gasteiger partial charge in [0.05, 0.1) is 0 Å². The molecule has 1 nitrogen and oxygen atoms in total. The first-order valence-electron chi connectivity index (χ1n) is 7.39. The highest BCUT2D eigenvalue weighted by Crippen LogP contribution is 2.20. The second-order valence-electron chi connectivity index (χ2n) is 5.70. The molecule has 2 N–H and O–H groups in total. The topological polar surface area (TPSA) is 26.0 Å². The highest BCUT2D eigenvalue weighted by Gasteiger charge is 2.16. The summed E-state index contributed by atoms with van der Waals surface area (Å²) in [4.78, 5) is 0. The molecular formula is C17H29N. The molecule has 0 fully saturated rings. The van der Waals surface area contributed by atoms with Crippen LogP contribution in [0.4, 0.5) is 0 Å². The van der Waals surface area contributed by atoms with Crippen LogP contribution in [0.2, 0.25) is 0 Å². The van der Waals surface area contributed by atoms with Gasteiger partial charge in [0.1, 0.15) is 0 Å². The highest BCUT2D eigenvalue weighted by atomic mass is 14.6.